The highest BCUT2D eigenvalue weighted by Gasteiger charge is 2.22. The summed E-state index contributed by atoms with van der Waals surface area (Å²) in [5.41, 5.74) is 4.94. The first-order valence-corrected chi connectivity index (χ1v) is 4.69. The Balaban J connectivity index is 4.26. The summed E-state index contributed by atoms with van der Waals surface area (Å²) in [5.74, 6) is -1.71. The summed E-state index contributed by atoms with van der Waals surface area (Å²) in [6.07, 6.45) is 0.428. The van der Waals surface area contributed by atoms with E-state index in [1.54, 1.807) is 0 Å². The first kappa shape index (κ1) is 13.4. The Morgan fingerprint density at radius 2 is 2.00 bits per heavy atom. The lowest BCUT2D eigenvalue weighted by molar-refractivity contribution is -0.149. The van der Waals surface area contributed by atoms with E-state index in [4.69, 9.17) is 10.5 Å². The number of rotatable bonds is 6. The first-order valence-electron chi connectivity index (χ1n) is 4.69. The fourth-order valence-corrected chi connectivity index (χ4v) is 0.943. The van der Waals surface area contributed by atoms with Crippen LogP contribution < -0.4 is 11.1 Å². The van der Waals surface area contributed by atoms with Gasteiger partial charge in [0.1, 0.15) is 6.04 Å². The van der Waals surface area contributed by atoms with Crippen LogP contribution in [0.25, 0.3) is 0 Å². The van der Waals surface area contributed by atoms with Crippen molar-refractivity contribution in [3.05, 3.63) is 0 Å². The van der Waals surface area contributed by atoms with E-state index in [0.717, 1.165) is 0 Å². The number of nitrogens with one attached hydrogen (secondary N) is 1. The lowest BCUT2D eigenvalue weighted by atomic mass is 10.2. The maximum absolute atomic E-state index is 11.3. The molecule has 86 valence electrons. The van der Waals surface area contributed by atoms with E-state index in [1.165, 1.54) is 6.92 Å². The molecule has 6 heteroatoms. The van der Waals surface area contributed by atoms with Gasteiger partial charge < -0.3 is 15.8 Å². The average molecular weight is 216 g/mol. The number of carbonyl (C=O) groups is 3. The summed E-state index contributed by atoms with van der Waals surface area (Å²) < 4.78 is 4.79. The van der Waals surface area contributed by atoms with Crippen LogP contribution >= 0.6 is 0 Å². The van der Waals surface area contributed by atoms with Gasteiger partial charge in [-0.3, -0.25) is 9.59 Å². The Morgan fingerprint density at radius 3 is 2.40 bits per heavy atom. The van der Waals surface area contributed by atoms with Gasteiger partial charge in [0.15, 0.2) is 0 Å². The number of primary amides is 1. The smallest absolute Gasteiger partial charge is 0.329 e. The second-order valence-corrected chi connectivity index (χ2v) is 3.09. The van der Waals surface area contributed by atoms with Crippen LogP contribution in [0.15, 0.2) is 0 Å². The fraction of sp³-hybridized carbons (Fsp3) is 0.667. The van der Waals surface area contributed by atoms with Gasteiger partial charge in [0.2, 0.25) is 11.8 Å². The second kappa shape index (κ2) is 6.80. The minimum Gasteiger partial charge on any atom is -0.464 e. The molecular weight excluding hydrogens is 200 g/mol. The molecule has 0 aliphatic heterocycles. The number of amides is 2. The van der Waals surface area contributed by atoms with E-state index in [1.807, 2.05) is 6.92 Å². The first-order chi connectivity index (χ1) is 6.97. The predicted octanol–water partition coefficient (Wildman–Crippen LogP) is -0.680. The van der Waals surface area contributed by atoms with Crippen molar-refractivity contribution in [1.29, 1.82) is 0 Å². The number of nitrogens with two attached hydrogens (primary N) is 1. The molecule has 3 N–H and O–H groups in total. The average Bonchev–Trinajstić information content (AvgIpc) is 2.11. The van der Waals surface area contributed by atoms with E-state index in [2.05, 4.69) is 5.32 Å². The van der Waals surface area contributed by atoms with Gasteiger partial charge in [0.25, 0.3) is 0 Å². The van der Waals surface area contributed by atoms with Crippen molar-refractivity contribution >= 4 is 17.8 Å². The molecule has 0 radical (unpaired) electrons. The van der Waals surface area contributed by atoms with Crippen LogP contribution in [0.4, 0.5) is 0 Å². The Hall–Kier alpha value is -1.59. The molecule has 2 amide bonds. The molecule has 0 aliphatic rings. The highest BCUT2D eigenvalue weighted by Crippen LogP contribution is 1.96. The van der Waals surface area contributed by atoms with Crippen LogP contribution in [0, 0.1) is 0 Å². The third-order valence-corrected chi connectivity index (χ3v) is 1.52. The van der Waals surface area contributed by atoms with Gasteiger partial charge in [0, 0.05) is 6.92 Å². The zero-order valence-electron chi connectivity index (χ0n) is 8.91. The SMILES string of the molecule is CCCOC(=O)C(CC(N)=O)NC(C)=O. The Bertz CT molecular complexity index is 236. The fourth-order valence-electron chi connectivity index (χ4n) is 0.943. The molecule has 0 aromatic carbocycles. The van der Waals surface area contributed by atoms with Crippen molar-refractivity contribution in [3.63, 3.8) is 0 Å². The van der Waals surface area contributed by atoms with Gasteiger partial charge in [-0.15, -0.1) is 0 Å². The largest absolute Gasteiger partial charge is 0.464 e. The molecule has 15 heavy (non-hydrogen) atoms. The van der Waals surface area contributed by atoms with Crippen LogP contribution in [0.2, 0.25) is 0 Å². The van der Waals surface area contributed by atoms with Crippen molar-refractivity contribution < 1.29 is 19.1 Å². The monoisotopic (exact) mass is 216 g/mol. The predicted molar refractivity (Wildman–Crippen MR) is 52.7 cm³/mol. The maximum atomic E-state index is 11.3. The van der Waals surface area contributed by atoms with Crippen molar-refractivity contribution in [2.24, 2.45) is 5.73 Å². The van der Waals surface area contributed by atoms with Gasteiger partial charge in [-0.1, -0.05) is 6.92 Å². The van der Waals surface area contributed by atoms with Crippen molar-refractivity contribution in [1.82, 2.24) is 5.32 Å². The zero-order valence-corrected chi connectivity index (χ0v) is 8.91. The standard InChI is InChI=1S/C9H16N2O4/c1-3-4-15-9(14)7(5-8(10)13)11-6(2)12/h7H,3-5H2,1-2H3,(H2,10,13)(H,11,12). The Kier molecular flexibility index (Phi) is 6.08. The number of esters is 1. The molecule has 0 bridgehead atoms. The molecule has 0 aromatic heterocycles. The number of hydrogen-bond donors (Lipinski definition) is 2. The summed E-state index contributed by atoms with van der Waals surface area (Å²) in [7, 11) is 0. The van der Waals surface area contributed by atoms with Crippen LogP contribution in [0.1, 0.15) is 26.7 Å². The molecule has 0 spiro atoms. The Labute approximate surface area is 88.1 Å². The summed E-state index contributed by atoms with van der Waals surface area (Å²) in [6, 6.07) is -0.980. The molecule has 0 rings (SSSR count). The minimum atomic E-state index is -0.980. The van der Waals surface area contributed by atoms with Crippen LogP contribution in [0.3, 0.4) is 0 Å². The van der Waals surface area contributed by atoms with Gasteiger partial charge >= 0.3 is 5.97 Å². The molecule has 0 fully saturated rings. The summed E-state index contributed by atoms with van der Waals surface area (Å²) >= 11 is 0. The number of ether oxygens (including phenoxy) is 1. The van der Waals surface area contributed by atoms with Gasteiger partial charge in [-0.25, -0.2) is 4.79 Å². The highest BCUT2D eigenvalue weighted by atomic mass is 16.5. The summed E-state index contributed by atoms with van der Waals surface area (Å²) in [5, 5.41) is 2.31. The molecule has 1 unspecified atom stereocenters. The summed E-state index contributed by atoms with van der Waals surface area (Å²) in [4.78, 5) is 32.7. The zero-order chi connectivity index (χ0) is 11.8. The molecule has 0 aromatic rings. The van der Waals surface area contributed by atoms with E-state index in [-0.39, 0.29) is 13.0 Å². The molecule has 6 nitrogen and oxygen atoms in total. The molecule has 1 atom stereocenters. The summed E-state index contributed by atoms with van der Waals surface area (Å²) in [6.45, 7) is 3.35. The normalized spacial score (nSPS) is 11.6. The van der Waals surface area contributed by atoms with Crippen molar-refractivity contribution in [3.8, 4) is 0 Å². The van der Waals surface area contributed by atoms with Crippen molar-refractivity contribution in [2.75, 3.05) is 6.61 Å². The van der Waals surface area contributed by atoms with Gasteiger partial charge in [-0.2, -0.15) is 0 Å². The third kappa shape index (κ3) is 6.48. The van der Waals surface area contributed by atoms with E-state index in [9.17, 15) is 14.4 Å². The molecule has 0 saturated carbocycles. The quantitative estimate of drug-likeness (QED) is 0.574. The van der Waals surface area contributed by atoms with E-state index < -0.39 is 23.8 Å². The molecule has 0 saturated heterocycles. The van der Waals surface area contributed by atoms with E-state index >= 15 is 0 Å². The minimum absolute atomic E-state index is 0.248. The molecule has 0 aliphatic carbocycles. The lowest BCUT2D eigenvalue weighted by Gasteiger charge is -2.14. The number of carbonyl (C=O) groups excluding carboxylic acids is 3. The maximum Gasteiger partial charge on any atom is 0.329 e. The third-order valence-electron chi connectivity index (χ3n) is 1.52. The van der Waals surface area contributed by atoms with Crippen LogP contribution in [-0.2, 0) is 19.1 Å². The van der Waals surface area contributed by atoms with Gasteiger partial charge in [0.05, 0.1) is 13.0 Å². The highest BCUT2D eigenvalue weighted by molar-refractivity contribution is 5.88. The molecular formula is C9H16N2O4. The van der Waals surface area contributed by atoms with E-state index in [0.29, 0.717) is 6.42 Å². The second-order valence-electron chi connectivity index (χ2n) is 3.09. The molecule has 0 heterocycles. The van der Waals surface area contributed by atoms with Gasteiger partial charge in [-0.05, 0) is 6.42 Å². The number of hydrogen-bond acceptors (Lipinski definition) is 4. The van der Waals surface area contributed by atoms with Crippen LogP contribution in [0.5, 0.6) is 0 Å². The van der Waals surface area contributed by atoms with Crippen molar-refractivity contribution in [2.45, 2.75) is 32.7 Å². The topological polar surface area (TPSA) is 98.5 Å². The Morgan fingerprint density at radius 1 is 1.40 bits per heavy atom. The van der Waals surface area contributed by atoms with Crippen LogP contribution in [-0.4, -0.2) is 30.4 Å². The lowest BCUT2D eigenvalue weighted by Crippen LogP contribution is -2.43.